The smallest absolute Gasteiger partial charge is 0.193 e. The lowest BCUT2D eigenvalue weighted by Gasteiger charge is -2.14. The lowest BCUT2D eigenvalue weighted by atomic mass is 10.0. The number of aryl methyl sites for hydroxylation is 1. The van der Waals surface area contributed by atoms with Crippen LogP contribution < -0.4 is 11.3 Å². The van der Waals surface area contributed by atoms with Gasteiger partial charge in [0, 0.05) is 0 Å². The fraction of sp³-hybridized carbons (Fsp3) is 0.167. The molecule has 0 bridgehead atoms. The monoisotopic (exact) mass is 254 g/mol. The van der Waals surface area contributed by atoms with E-state index < -0.39 is 6.04 Å². The molecule has 1 unspecified atom stereocenters. The molecule has 0 spiro atoms. The Morgan fingerprint density at radius 3 is 2.65 bits per heavy atom. The molecule has 0 radical (unpaired) electrons. The van der Waals surface area contributed by atoms with Gasteiger partial charge in [-0.3, -0.25) is 5.84 Å². The molecule has 5 heteroatoms. The Kier molecular flexibility index (Phi) is 3.47. The molecule has 3 N–H and O–H groups in total. The van der Waals surface area contributed by atoms with E-state index in [1.165, 1.54) is 6.07 Å². The molecular formula is C12H12ClFN2O. The highest BCUT2D eigenvalue weighted by Gasteiger charge is 2.17. The Hall–Kier alpha value is -1.36. The molecule has 1 aromatic carbocycles. The predicted molar refractivity (Wildman–Crippen MR) is 64.0 cm³/mol. The molecule has 1 atom stereocenters. The third-order valence-electron chi connectivity index (χ3n) is 2.57. The van der Waals surface area contributed by atoms with Crippen molar-refractivity contribution in [1.82, 2.24) is 5.43 Å². The molecule has 2 rings (SSSR count). The SMILES string of the molecule is Cc1ccc(C(NN)c2ccc(Cl)o2)cc1F. The zero-order chi connectivity index (χ0) is 12.4. The van der Waals surface area contributed by atoms with E-state index in [9.17, 15) is 4.39 Å². The number of halogens is 2. The summed E-state index contributed by atoms with van der Waals surface area (Å²) in [5.74, 6) is 5.72. The Labute approximate surface area is 103 Å². The minimum Gasteiger partial charge on any atom is -0.448 e. The molecule has 0 aliphatic carbocycles. The van der Waals surface area contributed by atoms with Gasteiger partial charge in [0.2, 0.25) is 0 Å². The average molecular weight is 255 g/mol. The highest BCUT2D eigenvalue weighted by molar-refractivity contribution is 6.28. The molecule has 0 amide bonds. The summed E-state index contributed by atoms with van der Waals surface area (Å²) in [6.45, 7) is 1.70. The maximum Gasteiger partial charge on any atom is 0.193 e. The largest absolute Gasteiger partial charge is 0.448 e. The third-order valence-corrected chi connectivity index (χ3v) is 2.78. The maximum absolute atomic E-state index is 13.5. The van der Waals surface area contributed by atoms with Crippen molar-refractivity contribution in [2.45, 2.75) is 13.0 Å². The summed E-state index contributed by atoms with van der Waals surface area (Å²) in [6, 6.07) is 7.81. The van der Waals surface area contributed by atoms with Crippen molar-refractivity contribution in [3.8, 4) is 0 Å². The zero-order valence-electron chi connectivity index (χ0n) is 9.21. The van der Waals surface area contributed by atoms with Gasteiger partial charge in [0.25, 0.3) is 0 Å². The van der Waals surface area contributed by atoms with E-state index in [4.69, 9.17) is 21.9 Å². The van der Waals surface area contributed by atoms with Crippen molar-refractivity contribution >= 4 is 11.6 Å². The van der Waals surface area contributed by atoms with Crippen LogP contribution in [0.2, 0.25) is 5.22 Å². The quantitative estimate of drug-likeness (QED) is 0.654. The van der Waals surface area contributed by atoms with Crippen LogP contribution in [0.15, 0.2) is 34.7 Å². The molecule has 3 nitrogen and oxygen atoms in total. The first-order chi connectivity index (χ1) is 8.11. The number of rotatable bonds is 3. The van der Waals surface area contributed by atoms with Gasteiger partial charge >= 0.3 is 0 Å². The number of benzene rings is 1. The van der Waals surface area contributed by atoms with Crippen LogP contribution in [0.25, 0.3) is 0 Å². The number of hydrogen-bond acceptors (Lipinski definition) is 3. The summed E-state index contributed by atoms with van der Waals surface area (Å²) in [5.41, 5.74) is 3.84. The summed E-state index contributed by atoms with van der Waals surface area (Å²) < 4.78 is 18.7. The van der Waals surface area contributed by atoms with E-state index in [0.717, 1.165) is 0 Å². The van der Waals surface area contributed by atoms with E-state index in [2.05, 4.69) is 5.43 Å². The molecule has 0 aliphatic heterocycles. The van der Waals surface area contributed by atoms with Gasteiger partial charge in [-0.1, -0.05) is 12.1 Å². The van der Waals surface area contributed by atoms with Crippen LogP contribution >= 0.6 is 11.6 Å². The van der Waals surface area contributed by atoms with Crippen LogP contribution in [0.3, 0.4) is 0 Å². The number of nitrogens with one attached hydrogen (secondary N) is 1. The van der Waals surface area contributed by atoms with Crippen molar-refractivity contribution in [2.24, 2.45) is 5.84 Å². The van der Waals surface area contributed by atoms with Gasteiger partial charge in [-0.15, -0.1) is 0 Å². The van der Waals surface area contributed by atoms with E-state index in [-0.39, 0.29) is 11.0 Å². The predicted octanol–water partition coefficient (Wildman–Crippen LogP) is 2.93. The van der Waals surface area contributed by atoms with Crippen molar-refractivity contribution in [2.75, 3.05) is 0 Å². The number of hydrazine groups is 1. The van der Waals surface area contributed by atoms with Gasteiger partial charge in [0.1, 0.15) is 17.6 Å². The summed E-state index contributed by atoms with van der Waals surface area (Å²) >= 11 is 5.70. The van der Waals surface area contributed by atoms with Crippen molar-refractivity contribution in [1.29, 1.82) is 0 Å². The first kappa shape index (κ1) is 12.1. The fourth-order valence-electron chi connectivity index (χ4n) is 1.61. The molecule has 0 saturated heterocycles. The van der Waals surface area contributed by atoms with Gasteiger partial charge in [-0.25, -0.2) is 9.82 Å². The summed E-state index contributed by atoms with van der Waals surface area (Å²) in [4.78, 5) is 0. The molecule has 17 heavy (non-hydrogen) atoms. The zero-order valence-corrected chi connectivity index (χ0v) is 9.96. The lowest BCUT2D eigenvalue weighted by Crippen LogP contribution is -2.28. The van der Waals surface area contributed by atoms with E-state index >= 15 is 0 Å². The number of hydrogen-bond donors (Lipinski definition) is 2. The second-order valence-corrected chi connectivity index (χ2v) is 4.12. The van der Waals surface area contributed by atoms with Crippen molar-refractivity contribution < 1.29 is 8.81 Å². The number of nitrogens with two attached hydrogens (primary N) is 1. The van der Waals surface area contributed by atoms with Gasteiger partial charge in [-0.2, -0.15) is 0 Å². The van der Waals surface area contributed by atoms with E-state index in [0.29, 0.717) is 16.9 Å². The molecule has 2 aromatic rings. The second kappa shape index (κ2) is 4.87. The first-order valence-corrected chi connectivity index (χ1v) is 5.47. The van der Waals surface area contributed by atoms with E-state index in [1.807, 2.05) is 0 Å². The Morgan fingerprint density at radius 2 is 2.12 bits per heavy atom. The Bertz CT molecular complexity index is 527. The van der Waals surface area contributed by atoms with Crippen molar-refractivity contribution in [3.05, 3.63) is 58.3 Å². The highest BCUT2D eigenvalue weighted by atomic mass is 35.5. The molecular weight excluding hydrogens is 243 g/mol. The summed E-state index contributed by atoms with van der Waals surface area (Å²) in [7, 11) is 0. The second-order valence-electron chi connectivity index (χ2n) is 3.75. The minimum atomic E-state index is -0.419. The van der Waals surface area contributed by atoms with Gasteiger partial charge < -0.3 is 4.42 Å². The maximum atomic E-state index is 13.5. The van der Waals surface area contributed by atoms with Gasteiger partial charge in [0.05, 0.1) is 0 Å². The normalized spacial score (nSPS) is 12.7. The van der Waals surface area contributed by atoms with Crippen LogP contribution in [-0.2, 0) is 0 Å². The molecule has 0 fully saturated rings. The minimum absolute atomic E-state index is 0.271. The average Bonchev–Trinajstić information content (AvgIpc) is 2.71. The fourth-order valence-corrected chi connectivity index (χ4v) is 1.77. The highest BCUT2D eigenvalue weighted by Crippen LogP contribution is 2.26. The molecule has 90 valence electrons. The Balaban J connectivity index is 2.38. The molecule has 0 saturated carbocycles. The molecule has 1 aromatic heterocycles. The number of furan rings is 1. The van der Waals surface area contributed by atoms with Gasteiger partial charge in [-0.05, 0) is 47.9 Å². The van der Waals surface area contributed by atoms with Crippen LogP contribution in [0.5, 0.6) is 0 Å². The van der Waals surface area contributed by atoms with Crippen LogP contribution in [0.1, 0.15) is 22.9 Å². The third kappa shape index (κ3) is 2.49. The summed E-state index contributed by atoms with van der Waals surface area (Å²) in [6.07, 6.45) is 0. The van der Waals surface area contributed by atoms with Crippen LogP contribution in [0, 0.1) is 12.7 Å². The lowest BCUT2D eigenvalue weighted by molar-refractivity contribution is 0.452. The van der Waals surface area contributed by atoms with Crippen LogP contribution in [0.4, 0.5) is 4.39 Å². The van der Waals surface area contributed by atoms with Gasteiger partial charge in [0.15, 0.2) is 5.22 Å². The summed E-state index contributed by atoms with van der Waals surface area (Å²) in [5, 5.41) is 0.271. The Morgan fingerprint density at radius 1 is 1.35 bits per heavy atom. The standard InChI is InChI=1S/C12H12ClFN2O/c1-7-2-3-8(6-9(7)14)12(16-15)10-4-5-11(13)17-10/h2-6,12,16H,15H2,1H3. The van der Waals surface area contributed by atoms with Crippen LogP contribution in [-0.4, -0.2) is 0 Å². The molecule has 1 heterocycles. The molecule has 0 aliphatic rings. The first-order valence-electron chi connectivity index (χ1n) is 5.09. The topological polar surface area (TPSA) is 51.2 Å². The van der Waals surface area contributed by atoms with Crippen molar-refractivity contribution in [3.63, 3.8) is 0 Å². The van der Waals surface area contributed by atoms with E-state index in [1.54, 1.807) is 31.2 Å².